The fourth-order valence-corrected chi connectivity index (χ4v) is 2.16. The van der Waals surface area contributed by atoms with Crippen molar-refractivity contribution >= 4 is 0 Å². The number of aromatic nitrogens is 4. The highest BCUT2D eigenvalue weighted by molar-refractivity contribution is 5.10. The number of hydrogen-bond donors (Lipinski definition) is 1. The van der Waals surface area contributed by atoms with Crippen LogP contribution in [-0.2, 0) is 33.0 Å². The molecule has 0 aromatic carbocycles. The Morgan fingerprint density at radius 2 is 2.16 bits per heavy atom. The first-order valence-corrected chi connectivity index (χ1v) is 6.97. The number of aryl methyl sites for hydroxylation is 3. The molecule has 2 heterocycles. The fourth-order valence-electron chi connectivity index (χ4n) is 2.16. The fraction of sp³-hybridized carbons (Fsp3) is 0.571. The molecule has 2 rings (SSSR count). The Kier molecular flexibility index (Phi) is 4.74. The first-order valence-electron chi connectivity index (χ1n) is 6.97. The Bertz CT molecular complexity index is 512. The van der Waals surface area contributed by atoms with E-state index in [2.05, 4.69) is 44.6 Å². The number of rotatable bonds is 7. The number of nitrogens with zero attached hydrogens (tertiary/aromatic N) is 4. The van der Waals surface area contributed by atoms with E-state index in [9.17, 15) is 0 Å². The van der Waals surface area contributed by atoms with E-state index in [1.807, 2.05) is 19.4 Å². The first-order chi connectivity index (χ1) is 9.24. The Balaban J connectivity index is 1.82. The third kappa shape index (κ3) is 3.44. The predicted octanol–water partition coefficient (Wildman–Crippen LogP) is 1.53. The van der Waals surface area contributed by atoms with Gasteiger partial charge in [-0.05, 0) is 19.4 Å². The molecular weight excluding hydrogens is 238 g/mol. The van der Waals surface area contributed by atoms with E-state index < -0.39 is 0 Å². The molecule has 0 aliphatic carbocycles. The van der Waals surface area contributed by atoms with Crippen molar-refractivity contribution in [3.05, 3.63) is 35.7 Å². The third-order valence-corrected chi connectivity index (χ3v) is 3.33. The molecule has 0 aliphatic rings. The van der Waals surface area contributed by atoms with Gasteiger partial charge in [0.1, 0.15) is 5.82 Å². The lowest BCUT2D eigenvalue weighted by Crippen LogP contribution is -2.20. The Morgan fingerprint density at radius 3 is 2.79 bits per heavy atom. The van der Waals surface area contributed by atoms with Gasteiger partial charge in [-0.15, -0.1) is 0 Å². The minimum atomic E-state index is 0.866. The summed E-state index contributed by atoms with van der Waals surface area (Å²) in [4.78, 5) is 4.32. The summed E-state index contributed by atoms with van der Waals surface area (Å²) in [6.45, 7) is 6.99. The van der Waals surface area contributed by atoms with Crippen LogP contribution in [0.15, 0.2) is 18.5 Å². The van der Waals surface area contributed by atoms with Crippen molar-refractivity contribution in [2.75, 3.05) is 6.54 Å². The molecule has 1 N–H and O–H groups in total. The maximum Gasteiger partial charge on any atom is 0.109 e. The second-order valence-corrected chi connectivity index (χ2v) is 4.68. The smallest absolute Gasteiger partial charge is 0.109 e. The van der Waals surface area contributed by atoms with Crippen LogP contribution in [0.4, 0.5) is 0 Å². The molecule has 19 heavy (non-hydrogen) atoms. The molecule has 0 amide bonds. The monoisotopic (exact) mass is 261 g/mol. The van der Waals surface area contributed by atoms with Crippen LogP contribution < -0.4 is 5.32 Å². The molecule has 0 saturated carbocycles. The molecule has 0 aliphatic heterocycles. The van der Waals surface area contributed by atoms with Crippen LogP contribution in [-0.4, -0.2) is 25.9 Å². The van der Waals surface area contributed by atoms with Crippen molar-refractivity contribution in [1.29, 1.82) is 0 Å². The number of imidazole rings is 1. The van der Waals surface area contributed by atoms with Crippen LogP contribution in [0.5, 0.6) is 0 Å². The van der Waals surface area contributed by atoms with E-state index in [0.717, 1.165) is 38.3 Å². The van der Waals surface area contributed by atoms with E-state index in [1.165, 1.54) is 11.4 Å². The van der Waals surface area contributed by atoms with Crippen molar-refractivity contribution in [3.8, 4) is 0 Å². The van der Waals surface area contributed by atoms with Crippen molar-refractivity contribution in [1.82, 2.24) is 24.6 Å². The molecule has 0 fully saturated rings. The van der Waals surface area contributed by atoms with Gasteiger partial charge in [-0.1, -0.05) is 6.92 Å². The summed E-state index contributed by atoms with van der Waals surface area (Å²) in [7, 11) is 2.03. The van der Waals surface area contributed by atoms with Gasteiger partial charge in [-0.3, -0.25) is 4.68 Å². The van der Waals surface area contributed by atoms with Crippen molar-refractivity contribution < 1.29 is 0 Å². The van der Waals surface area contributed by atoms with Crippen LogP contribution >= 0.6 is 0 Å². The molecule has 0 saturated heterocycles. The predicted molar refractivity (Wildman–Crippen MR) is 75.9 cm³/mol. The average molecular weight is 261 g/mol. The van der Waals surface area contributed by atoms with Gasteiger partial charge in [-0.25, -0.2) is 4.98 Å². The van der Waals surface area contributed by atoms with Crippen LogP contribution in [0.3, 0.4) is 0 Å². The van der Waals surface area contributed by atoms with Gasteiger partial charge >= 0.3 is 0 Å². The van der Waals surface area contributed by atoms with Gasteiger partial charge in [-0.2, -0.15) is 5.10 Å². The largest absolute Gasteiger partial charge is 0.338 e. The molecule has 5 heteroatoms. The lowest BCUT2D eigenvalue weighted by Gasteiger charge is -2.06. The number of nitrogens with one attached hydrogen (secondary N) is 1. The molecular formula is C14H23N5. The molecule has 0 unspecified atom stereocenters. The summed E-state index contributed by atoms with van der Waals surface area (Å²) in [5.74, 6) is 1.12. The van der Waals surface area contributed by atoms with Gasteiger partial charge < -0.3 is 9.88 Å². The van der Waals surface area contributed by atoms with E-state index in [-0.39, 0.29) is 0 Å². The van der Waals surface area contributed by atoms with Crippen LogP contribution in [0.2, 0.25) is 0 Å². The van der Waals surface area contributed by atoms with Gasteiger partial charge in [0.2, 0.25) is 0 Å². The second-order valence-electron chi connectivity index (χ2n) is 4.68. The highest BCUT2D eigenvalue weighted by Crippen LogP contribution is 2.05. The molecule has 0 atom stereocenters. The summed E-state index contributed by atoms with van der Waals surface area (Å²) >= 11 is 0. The van der Waals surface area contributed by atoms with Crippen molar-refractivity contribution in [2.45, 2.75) is 39.8 Å². The maximum absolute atomic E-state index is 4.55. The molecule has 5 nitrogen and oxygen atoms in total. The highest BCUT2D eigenvalue weighted by atomic mass is 15.3. The molecule has 2 aromatic rings. The Labute approximate surface area is 114 Å². The zero-order valence-electron chi connectivity index (χ0n) is 12.1. The second kappa shape index (κ2) is 6.52. The lowest BCUT2D eigenvalue weighted by atomic mass is 10.3. The summed E-state index contributed by atoms with van der Waals surface area (Å²) in [5, 5.41) is 8.02. The maximum atomic E-state index is 4.55. The van der Waals surface area contributed by atoms with E-state index in [1.54, 1.807) is 0 Å². The van der Waals surface area contributed by atoms with E-state index >= 15 is 0 Å². The zero-order chi connectivity index (χ0) is 13.7. The van der Waals surface area contributed by atoms with Gasteiger partial charge in [0.15, 0.2) is 0 Å². The van der Waals surface area contributed by atoms with Crippen molar-refractivity contribution in [2.24, 2.45) is 7.05 Å². The normalized spacial score (nSPS) is 11.1. The van der Waals surface area contributed by atoms with E-state index in [0.29, 0.717) is 0 Å². The van der Waals surface area contributed by atoms with Gasteiger partial charge in [0.05, 0.1) is 11.4 Å². The van der Waals surface area contributed by atoms with Crippen molar-refractivity contribution in [3.63, 3.8) is 0 Å². The van der Waals surface area contributed by atoms with Crippen LogP contribution in [0, 0.1) is 0 Å². The average Bonchev–Trinajstić information content (AvgIpc) is 3.01. The number of hydrogen-bond acceptors (Lipinski definition) is 3. The first kappa shape index (κ1) is 13.8. The highest BCUT2D eigenvalue weighted by Gasteiger charge is 2.05. The molecule has 2 aromatic heterocycles. The minimum Gasteiger partial charge on any atom is -0.338 e. The summed E-state index contributed by atoms with van der Waals surface area (Å²) < 4.78 is 4.14. The van der Waals surface area contributed by atoms with Gasteiger partial charge in [0.25, 0.3) is 0 Å². The summed E-state index contributed by atoms with van der Waals surface area (Å²) in [6, 6.07) is 2.19. The molecule has 0 bridgehead atoms. The Morgan fingerprint density at radius 1 is 1.32 bits per heavy atom. The van der Waals surface area contributed by atoms with Gasteiger partial charge in [0, 0.05) is 45.5 Å². The Hall–Kier alpha value is -1.62. The topological polar surface area (TPSA) is 47.7 Å². The zero-order valence-corrected chi connectivity index (χ0v) is 12.1. The van der Waals surface area contributed by atoms with Crippen LogP contribution in [0.25, 0.3) is 0 Å². The quantitative estimate of drug-likeness (QED) is 0.769. The van der Waals surface area contributed by atoms with E-state index in [4.69, 9.17) is 0 Å². The molecule has 0 radical (unpaired) electrons. The standard InChI is InChI=1S/C14H23N5/c1-4-12-10-13(19(5-2)17-12)11-15-7-6-14-16-8-9-18(14)3/h8-10,15H,4-7,11H2,1-3H3. The molecule has 0 spiro atoms. The summed E-state index contributed by atoms with van der Waals surface area (Å²) in [5.41, 5.74) is 2.43. The molecule has 104 valence electrons. The lowest BCUT2D eigenvalue weighted by molar-refractivity contribution is 0.573. The minimum absolute atomic E-state index is 0.866. The van der Waals surface area contributed by atoms with Crippen LogP contribution in [0.1, 0.15) is 31.1 Å². The SMILES string of the molecule is CCc1cc(CNCCc2nccn2C)n(CC)n1. The third-order valence-electron chi connectivity index (χ3n) is 3.33. The summed E-state index contributed by atoms with van der Waals surface area (Å²) in [6.07, 6.45) is 5.77.